The van der Waals surface area contributed by atoms with Gasteiger partial charge in [-0.3, -0.25) is 9.79 Å². The smallest absolute Gasteiger partial charge is 0.251 e. The molecule has 2 N–H and O–H groups in total. The molecule has 146 valence electrons. The number of carbonyl (C=O) groups excluding carboxylic acids is 1. The first-order valence-electron chi connectivity index (χ1n) is 9.38. The Morgan fingerprint density at radius 2 is 2.19 bits per heavy atom. The summed E-state index contributed by atoms with van der Waals surface area (Å²) in [6.07, 6.45) is 3.44. The zero-order valence-corrected chi connectivity index (χ0v) is 18.7. The fraction of sp³-hybridized carbons (Fsp3) is 0.600. The number of likely N-dealkylation sites (tertiary alicyclic amines) is 1. The molecule has 1 fully saturated rings. The minimum atomic E-state index is -0.00885. The van der Waals surface area contributed by atoms with Gasteiger partial charge in [-0.1, -0.05) is 26.0 Å². The van der Waals surface area contributed by atoms with Crippen molar-refractivity contribution < 1.29 is 4.79 Å². The van der Waals surface area contributed by atoms with Crippen molar-refractivity contribution in [2.45, 2.75) is 52.6 Å². The van der Waals surface area contributed by atoms with Gasteiger partial charge >= 0.3 is 0 Å². The second kappa shape index (κ2) is 11.4. The number of rotatable bonds is 5. The summed E-state index contributed by atoms with van der Waals surface area (Å²) in [5.41, 5.74) is 1.80. The van der Waals surface area contributed by atoms with Crippen molar-refractivity contribution in [1.29, 1.82) is 0 Å². The van der Waals surface area contributed by atoms with Crippen LogP contribution in [-0.2, 0) is 6.54 Å². The number of hydrogen-bond acceptors (Lipinski definition) is 2. The van der Waals surface area contributed by atoms with Gasteiger partial charge < -0.3 is 15.5 Å². The van der Waals surface area contributed by atoms with Gasteiger partial charge in [0.1, 0.15) is 0 Å². The van der Waals surface area contributed by atoms with E-state index in [4.69, 9.17) is 0 Å². The highest BCUT2D eigenvalue weighted by Gasteiger charge is 2.19. The van der Waals surface area contributed by atoms with Gasteiger partial charge in [0.2, 0.25) is 0 Å². The van der Waals surface area contributed by atoms with Gasteiger partial charge in [-0.25, -0.2) is 0 Å². The summed E-state index contributed by atoms with van der Waals surface area (Å²) in [5.74, 6) is 1.64. The molecule has 1 heterocycles. The van der Waals surface area contributed by atoms with Crippen LogP contribution in [0.5, 0.6) is 0 Å². The Labute approximate surface area is 175 Å². The van der Waals surface area contributed by atoms with Gasteiger partial charge in [-0.2, -0.15) is 0 Å². The van der Waals surface area contributed by atoms with E-state index in [1.165, 1.54) is 12.8 Å². The van der Waals surface area contributed by atoms with E-state index in [9.17, 15) is 4.79 Å². The summed E-state index contributed by atoms with van der Waals surface area (Å²) in [7, 11) is 1.83. The fourth-order valence-corrected chi connectivity index (χ4v) is 3.13. The molecule has 2 rings (SSSR count). The highest BCUT2D eigenvalue weighted by Crippen LogP contribution is 2.15. The van der Waals surface area contributed by atoms with Crippen LogP contribution in [0.2, 0.25) is 0 Å². The molecule has 5 nitrogen and oxygen atoms in total. The van der Waals surface area contributed by atoms with Gasteiger partial charge in [0.05, 0.1) is 0 Å². The minimum absolute atomic E-state index is 0. The Hall–Kier alpha value is -1.31. The molecule has 1 aromatic carbocycles. The lowest BCUT2D eigenvalue weighted by Gasteiger charge is -2.33. The maximum Gasteiger partial charge on any atom is 0.251 e. The lowest BCUT2D eigenvalue weighted by Crippen LogP contribution is -2.45. The van der Waals surface area contributed by atoms with E-state index in [2.05, 4.69) is 34.4 Å². The SMILES string of the molecule is CCC(C)NC(=O)c1cccc(CNC(=NC)N2CCCC(C)C2)c1.I. The van der Waals surface area contributed by atoms with Crippen molar-refractivity contribution in [1.82, 2.24) is 15.5 Å². The van der Waals surface area contributed by atoms with Crippen LogP contribution in [-0.4, -0.2) is 42.9 Å². The topological polar surface area (TPSA) is 56.7 Å². The third-order valence-electron chi connectivity index (χ3n) is 4.80. The fourth-order valence-electron chi connectivity index (χ4n) is 3.13. The average molecular weight is 472 g/mol. The minimum Gasteiger partial charge on any atom is -0.352 e. The molecular weight excluding hydrogens is 439 g/mol. The standard InChI is InChI=1S/C20H32N4O.HI/c1-5-16(3)23-19(25)18-10-6-9-17(12-18)13-22-20(21-4)24-11-7-8-15(2)14-24;/h6,9-10,12,15-16H,5,7-8,11,13-14H2,1-4H3,(H,21,22)(H,23,25);1H. The molecule has 1 aromatic rings. The Kier molecular flexibility index (Phi) is 9.98. The second-order valence-electron chi connectivity index (χ2n) is 7.08. The van der Waals surface area contributed by atoms with E-state index in [-0.39, 0.29) is 35.9 Å². The van der Waals surface area contributed by atoms with Crippen LogP contribution >= 0.6 is 24.0 Å². The first-order valence-corrected chi connectivity index (χ1v) is 9.38. The van der Waals surface area contributed by atoms with Gasteiger partial charge in [0.15, 0.2) is 5.96 Å². The molecule has 0 spiro atoms. The van der Waals surface area contributed by atoms with Gasteiger partial charge in [-0.05, 0) is 49.8 Å². The van der Waals surface area contributed by atoms with E-state index in [0.29, 0.717) is 18.0 Å². The zero-order valence-electron chi connectivity index (χ0n) is 16.4. The number of nitrogens with one attached hydrogen (secondary N) is 2. The Morgan fingerprint density at radius 1 is 1.42 bits per heavy atom. The van der Waals surface area contributed by atoms with E-state index in [1.807, 2.05) is 38.2 Å². The molecule has 2 atom stereocenters. The predicted octanol–water partition coefficient (Wildman–Crippen LogP) is 3.64. The van der Waals surface area contributed by atoms with Crippen LogP contribution in [0.1, 0.15) is 56.0 Å². The Bertz CT molecular complexity index is 605. The number of carbonyl (C=O) groups is 1. The monoisotopic (exact) mass is 472 g/mol. The molecule has 6 heteroatoms. The van der Waals surface area contributed by atoms with Gasteiger partial charge in [-0.15, -0.1) is 24.0 Å². The third kappa shape index (κ3) is 6.78. The number of benzene rings is 1. The second-order valence-corrected chi connectivity index (χ2v) is 7.08. The number of halogens is 1. The van der Waals surface area contributed by atoms with Crippen molar-refractivity contribution in [2.75, 3.05) is 20.1 Å². The molecule has 1 aliphatic rings. The number of nitrogens with zero attached hydrogens (tertiary/aromatic N) is 2. The molecule has 26 heavy (non-hydrogen) atoms. The molecule has 0 bridgehead atoms. The summed E-state index contributed by atoms with van der Waals surface area (Å²) < 4.78 is 0. The van der Waals surface area contributed by atoms with Crippen molar-refractivity contribution in [2.24, 2.45) is 10.9 Å². The lowest BCUT2D eigenvalue weighted by molar-refractivity contribution is 0.0939. The first kappa shape index (κ1) is 22.7. The summed E-state index contributed by atoms with van der Waals surface area (Å²) in [6.45, 7) is 9.16. The van der Waals surface area contributed by atoms with Crippen LogP contribution in [0.15, 0.2) is 29.3 Å². The first-order chi connectivity index (χ1) is 12.0. The van der Waals surface area contributed by atoms with Crippen LogP contribution < -0.4 is 10.6 Å². The normalized spacial score (nSPS) is 18.7. The molecule has 0 saturated carbocycles. The zero-order chi connectivity index (χ0) is 18.2. The highest BCUT2D eigenvalue weighted by molar-refractivity contribution is 14.0. The lowest BCUT2D eigenvalue weighted by atomic mass is 10.0. The van der Waals surface area contributed by atoms with Crippen molar-refractivity contribution >= 4 is 35.8 Å². The predicted molar refractivity (Wildman–Crippen MR) is 119 cm³/mol. The molecule has 0 aliphatic carbocycles. The molecule has 0 aromatic heterocycles. The molecule has 1 amide bonds. The van der Waals surface area contributed by atoms with Crippen molar-refractivity contribution in [3.05, 3.63) is 35.4 Å². The number of hydrogen-bond donors (Lipinski definition) is 2. The quantitative estimate of drug-likeness (QED) is 0.391. The Balaban J connectivity index is 0.00000338. The van der Waals surface area contributed by atoms with Crippen LogP contribution in [0.3, 0.4) is 0 Å². The van der Waals surface area contributed by atoms with Gasteiger partial charge in [0.25, 0.3) is 5.91 Å². The van der Waals surface area contributed by atoms with Crippen LogP contribution in [0, 0.1) is 5.92 Å². The summed E-state index contributed by atoms with van der Waals surface area (Å²) in [6, 6.07) is 7.99. The van der Waals surface area contributed by atoms with E-state index in [0.717, 1.165) is 31.0 Å². The van der Waals surface area contributed by atoms with Crippen molar-refractivity contribution in [3.63, 3.8) is 0 Å². The summed E-state index contributed by atoms with van der Waals surface area (Å²) in [5, 5.41) is 6.45. The van der Waals surface area contributed by atoms with Crippen LogP contribution in [0.4, 0.5) is 0 Å². The van der Waals surface area contributed by atoms with E-state index in [1.54, 1.807) is 0 Å². The van der Waals surface area contributed by atoms with Crippen LogP contribution in [0.25, 0.3) is 0 Å². The largest absolute Gasteiger partial charge is 0.352 e. The third-order valence-corrected chi connectivity index (χ3v) is 4.80. The number of guanidine groups is 1. The number of piperidine rings is 1. The highest BCUT2D eigenvalue weighted by atomic mass is 127. The molecule has 1 aliphatic heterocycles. The van der Waals surface area contributed by atoms with Gasteiger partial charge in [0, 0.05) is 38.3 Å². The van der Waals surface area contributed by atoms with Crippen molar-refractivity contribution in [3.8, 4) is 0 Å². The number of amides is 1. The maximum absolute atomic E-state index is 12.3. The molecule has 2 unspecified atom stereocenters. The Morgan fingerprint density at radius 3 is 2.85 bits per heavy atom. The average Bonchev–Trinajstić information content (AvgIpc) is 2.62. The summed E-state index contributed by atoms with van der Waals surface area (Å²) in [4.78, 5) is 19.0. The maximum atomic E-state index is 12.3. The molecule has 1 saturated heterocycles. The molecular formula is C20H33IN4O. The van der Waals surface area contributed by atoms with E-state index < -0.39 is 0 Å². The van der Waals surface area contributed by atoms with E-state index >= 15 is 0 Å². The summed E-state index contributed by atoms with van der Waals surface area (Å²) >= 11 is 0. The molecule has 0 radical (unpaired) electrons. The number of aliphatic imine (C=N–C) groups is 1.